The number of aliphatic hydroxyl groups is 2. The lowest BCUT2D eigenvalue weighted by atomic mass is 9.81. The molecule has 0 radical (unpaired) electrons. The van der Waals surface area contributed by atoms with E-state index in [2.05, 4.69) is 0 Å². The number of rotatable bonds is 9. The Labute approximate surface area is 270 Å². The molecule has 0 amide bonds. The number of carbonyl (C=O) groups is 2. The molecule has 6 N–H and O–H groups in total. The number of aliphatic hydroxyl groups excluding tert-OH is 2. The van der Waals surface area contributed by atoms with Crippen LogP contribution in [0.4, 0.5) is 0 Å². The Kier molecular flexibility index (Phi) is 10.5. The van der Waals surface area contributed by atoms with E-state index in [1.54, 1.807) is 24.3 Å². The van der Waals surface area contributed by atoms with Gasteiger partial charge in [-0.3, -0.25) is 0 Å². The minimum Gasteiger partial charge on any atom is -0.508 e. The van der Waals surface area contributed by atoms with Gasteiger partial charge >= 0.3 is 11.9 Å². The van der Waals surface area contributed by atoms with Crippen molar-refractivity contribution in [2.75, 3.05) is 6.61 Å². The maximum absolute atomic E-state index is 12.8. The number of fused-ring (bicyclic) bond motifs is 1. The third-order valence-corrected chi connectivity index (χ3v) is 8.00. The van der Waals surface area contributed by atoms with Crippen LogP contribution < -0.4 is 0 Å². The van der Waals surface area contributed by atoms with Crippen molar-refractivity contribution >= 4 is 24.1 Å². The summed E-state index contributed by atoms with van der Waals surface area (Å²) in [6, 6.07) is 14.9. The molecule has 7 atom stereocenters. The van der Waals surface area contributed by atoms with Gasteiger partial charge in [0.25, 0.3) is 0 Å². The fourth-order valence-electron chi connectivity index (χ4n) is 5.74. The predicted octanol–water partition coefficient (Wildman–Crippen LogP) is 3.27. The van der Waals surface area contributed by atoms with E-state index in [9.17, 15) is 40.2 Å². The van der Waals surface area contributed by atoms with Crippen molar-refractivity contribution in [1.29, 1.82) is 0 Å². The summed E-state index contributed by atoms with van der Waals surface area (Å²) in [5, 5.41) is 61.4. The second kappa shape index (κ2) is 14.7. The van der Waals surface area contributed by atoms with Crippen molar-refractivity contribution in [3.8, 4) is 23.0 Å². The van der Waals surface area contributed by atoms with Gasteiger partial charge in [-0.15, -0.1) is 0 Å². The van der Waals surface area contributed by atoms with Crippen molar-refractivity contribution in [1.82, 2.24) is 0 Å². The molecule has 0 aromatic heterocycles. The average Bonchev–Trinajstić information content (AvgIpc) is 3.02. The smallest absolute Gasteiger partial charge is 0.331 e. The van der Waals surface area contributed by atoms with Crippen LogP contribution in [0.2, 0.25) is 0 Å². The molecular formula is C35H36O12. The largest absolute Gasteiger partial charge is 0.508 e. The third-order valence-electron chi connectivity index (χ3n) is 8.00. The maximum Gasteiger partial charge on any atom is 0.331 e. The number of benzene rings is 3. The molecule has 2 aliphatic rings. The number of phenols is 4. The Morgan fingerprint density at radius 1 is 0.830 bits per heavy atom. The van der Waals surface area contributed by atoms with Crippen LogP contribution in [0, 0.1) is 0 Å². The zero-order valence-electron chi connectivity index (χ0n) is 25.4. The van der Waals surface area contributed by atoms with Gasteiger partial charge in [-0.1, -0.05) is 31.2 Å². The molecular weight excluding hydrogens is 612 g/mol. The van der Waals surface area contributed by atoms with Gasteiger partial charge in [0.1, 0.15) is 47.9 Å². The van der Waals surface area contributed by atoms with Gasteiger partial charge in [-0.05, 0) is 77.9 Å². The number of carbonyl (C=O) groups excluding carboxylic acids is 2. The van der Waals surface area contributed by atoms with Crippen LogP contribution in [0.15, 0.2) is 72.8 Å². The SMILES string of the molecule is CC1CC(OC2OC(COC(=O)C=Cc3ccc(O)cc3)C(OC(=O)C=Cc3ccc(O)cc3)C(O)C2O)Cc2cc(O)cc(O)c21. The highest BCUT2D eigenvalue weighted by molar-refractivity contribution is 5.87. The van der Waals surface area contributed by atoms with Crippen LogP contribution in [0.3, 0.4) is 0 Å². The standard InChI is InChI=1S/C35H36O12/c1-19-14-26(16-22-15-25(38)17-27(39)31(19)22)45-35-33(43)32(42)34(47-30(41)13-7-21-4-10-24(37)11-5-21)28(46-35)18-44-29(40)12-6-20-2-8-23(36)9-3-20/h2-13,15,17,19,26,28,32-39,42-43H,14,16,18H2,1H3. The molecule has 248 valence electrons. The monoisotopic (exact) mass is 648 g/mol. The first-order valence-electron chi connectivity index (χ1n) is 15.0. The van der Waals surface area contributed by atoms with Crippen molar-refractivity contribution in [2.45, 2.75) is 62.5 Å². The minimum atomic E-state index is -1.70. The average molecular weight is 649 g/mol. The predicted molar refractivity (Wildman–Crippen MR) is 167 cm³/mol. The highest BCUT2D eigenvalue weighted by Gasteiger charge is 2.48. The summed E-state index contributed by atoms with van der Waals surface area (Å²) in [7, 11) is 0. The van der Waals surface area contributed by atoms with Crippen molar-refractivity contribution in [3.63, 3.8) is 0 Å². The number of esters is 2. The van der Waals surface area contributed by atoms with E-state index < -0.39 is 55.4 Å². The Hall–Kier alpha value is -4.88. The quantitative estimate of drug-likeness (QED) is 0.147. The van der Waals surface area contributed by atoms with Gasteiger partial charge in [0.15, 0.2) is 12.4 Å². The van der Waals surface area contributed by atoms with Crippen LogP contribution in [0.25, 0.3) is 12.2 Å². The highest BCUT2D eigenvalue weighted by Crippen LogP contribution is 2.41. The normalized spacial score (nSPS) is 25.8. The molecule has 3 aromatic carbocycles. The van der Waals surface area contributed by atoms with E-state index >= 15 is 0 Å². The molecule has 0 saturated carbocycles. The van der Waals surface area contributed by atoms with Crippen LogP contribution in [0.5, 0.6) is 23.0 Å². The van der Waals surface area contributed by atoms with Gasteiger partial charge in [0.2, 0.25) is 0 Å². The van der Waals surface area contributed by atoms with E-state index in [0.29, 0.717) is 28.7 Å². The first kappa shape index (κ1) is 33.5. The van der Waals surface area contributed by atoms with E-state index in [1.807, 2.05) is 6.92 Å². The topological polar surface area (TPSA) is 192 Å². The van der Waals surface area contributed by atoms with E-state index in [4.69, 9.17) is 18.9 Å². The second-order valence-electron chi connectivity index (χ2n) is 11.5. The van der Waals surface area contributed by atoms with E-state index in [1.165, 1.54) is 48.6 Å². The summed E-state index contributed by atoms with van der Waals surface area (Å²) in [5.41, 5.74) is 2.56. The van der Waals surface area contributed by atoms with Crippen LogP contribution >= 0.6 is 0 Å². The van der Waals surface area contributed by atoms with Gasteiger partial charge in [0, 0.05) is 23.8 Å². The molecule has 7 unspecified atom stereocenters. The second-order valence-corrected chi connectivity index (χ2v) is 11.5. The number of hydrogen-bond acceptors (Lipinski definition) is 12. The molecule has 1 aliphatic heterocycles. The van der Waals surface area contributed by atoms with Gasteiger partial charge in [-0.2, -0.15) is 0 Å². The highest BCUT2D eigenvalue weighted by atomic mass is 16.7. The number of ether oxygens (including phenoxy) is 4. The molecule has 12 nitrogen and oxygen atoms in total. The summed E-state index contributed by atoms with van der Waals surface area (Å²) in [4.78, 5) is 25.3. The summed E-state index contributed by atoms with van der Waals surface area (Å²) < 4.78 is 22.9. The van der Waals surface area contributed by atoms with Crippen molar-refractivity contribution < 1.29 is 59.2 Å². The molecule has 5 rings (SSSR count). The molecule has 1 fully saturated rings. The van der Waals surface area contributed by atoms with Gasteiger partial charge in [0.05, 0.1) is 6.10 Å². The first-order valence-corrected chi connectivity index (χ1v) is 15.0. The van der Waals surface area contributed by atoms with Gasteiger partial charge in [-0.25, -0.2) is 9.59 Å². The molecule has 47 heavy (non-hydrogen) atoms. The lowest BCUT2D eigenvalue weighted by molar-refractivity contribution is -0.313. The molecule has 1 saturated heterocycles. The number of hydrogen-bond donors (Lipinski definition) is 6. The summed E-state index contributed by atoms with van der Waals surface area (Å²) in [6.45, 7) is 1.40. The number of phenolic OH excluding ortho intramolecular Hbond substituents is 4. The molecule has 1 aliphatic carbocycles. The van der Waals surface area contributed by atoms with Crippen LogP contribution in [0.1, 0.15) is 41.5 Å². The van der Waals surface area contributed by atoms with Crippen LogP contribution in [-0.2, 0) is 35.0 Å². The van der Waals surface area contributed by atoms with Crippen LogP contribution in [-0.4, -0.2) is 86.0 Å². The van der Waals surface area contributed by atoms with E-state index in [-0.39, 0.29) is 35.3 Å². The van der Waals surface area contributed by atoms with E-state index in [0.717, 1.165) is 12.2 Å². The summed E-state index contributed by atoms with van der Waals surface area (Å²) in [5.74, 6) is -1.83. The molecule has 0 bridgehead atoms. The molecule has 0 spiro atoms. The third kappa shape index (κ3) is 8.48. The Morgan fingerprint density at radius 3 is 2.04 bits per heavy atom. The van der Waals surface area contributed by atoms with Crippen molar-refractivity contribution in [2.24, 2.45) is 0 Å². The van der Waals surface area contributed by atoms with Crippen molar-refractivity contribution in [3.05, 3.63) is 95.1 Å². The number of aromatic hydroxyl groups is 4. The minimum absolute atomic E-state index is 0.0271. The zero-order valence-corrected chi connectivity index (χ0v) is 25.4. The lowest BCUT2D eigenvalue weighted by Gasteiger charge is -2.43. The summed E-state index contributed by atoms with van der Waals surface area (Å²) in [6.07, 6.45) is -2.18. The fourth-order valence-corrected chi connectivity index (χ4v) is 5.74. The molecule has 1 heterocycles. The Morgan fingerprint density at radius 2 is 1.43 bits per heavy atom. The Bertz CT molecular complexity index is 1610. The first-order chi connectivity index (χ1) is 22.5. The van der Waals surface area contributed by atoms with Gasteiger partial charge < -0.3 is 49.6 Å². The maximum atomic E-state index is 12.8. The Balaban J connectivity index is 1.30. The summed E-state index contributed by atoms with van der Waals surface area (Å²) >= 11 is 0. The fraction of sp³-hybridized carbons (Fsp3) is 0.314. The molecule has 3 aromatic rings. The zero-order chi connectivity index (χ0) is 33.7. The molecule has 12 heteroatoms. The lowest BCUT2D eigenvalue weighted by Crippen LogP contribution is -2.61.